The van der Waals surface area contributed by atoms with Crippen molar-refractivity contribution in [2.24, 2.45) is 0 Å². The standard InChI is InChI=1S/C11H16N2O3/c1-7-3-4-10(8(2)12-7)11(16)13-9(5-14)6-15/h3-4,9,14-15H,5-6H2,1-2H3,(H,13,16). The van der Waals surface area contributed by atoms with Gasteiger partial charge in [0.05, 0.1) is 30.5 Å². The Hall–Kier alpha value is -1.46. The monoisotopic (exact) mass is 224 g/mol. The van der Waals surface area contributed by atoms with Crippen LogP contribution in [0.15, 0.2) is 12.1 Å². The molecular weight excluding hydrogens is 208 g/mol. The van der Waals surface area contributed by atoms with Crippen LogP contribution in [0.2, 0.25) is 0 Å². The summed E-state index contributed by atoms with van der Waals surface area (Å²) in [5.74, 6) is -0.335. The number of carbonyl (C=O) groups is 1. The maximum atomic E-state index is 11.7. The molecule has 0 saturated carbocycles. The minimum absolute atomic E-state index is 0.291. The lowest BCUT2D eigenvalue weighted by Crippen LogP contribution is -2.40. The lowest BCUT2D eigenvalue weighted by Gasteiger charge is -2.14. The normalized spacial score (nSPS) is 10.6. The van der Waals surface area contributed by atoms with Crippen LogP contribution in [0.25, 0.3) is 0 Å². The molecule has 0 bridgehead atoms. The van der Waals surface area contributed by atoms with Crippen molar-refractivity contribution in [1.29, 1.82) is 0 Å². The molecule has 5 heteroatoms. The third-order valence-corrected chi connectivity index (χ3v) is 2.25. The minimum atomic E-state index is -0.631. The van der Waals surface area contributed by atoms with Gasteiger partial charge in [0.15, 0.2) is 0 Å². The van der Waals surface area contributed by atoms with Gasteiger partial charge < -0.3 is 15.5 Å². The van der Waals surface area contributed by atoms with E-state index in [2.05, 4.69) is 10.3 Å². The summed E-state index contributed by atoms with van der Waals surface area (Å²) in [6.07, 6.45) is 0. The Morgan fingerprint density at radius 1 is 1.38 bits per heavy atom. The van der Waals surface area contributed by atoms with Gasteiger partial charge in [0, 0.05) is 5.69 Å². The molecule has 0 aromatic carbocycles. The summed E-state index contributed by atoms with van der Waals surface area (Å²) in [5, 5.41) is 20.2. The third kappa shape index (κ3) is 3.01. The first-order valence-corrected chi connectivity index (χ1v) is 5.05. The molecule has 1 amide bonds. The predicted octanol–water partition coefficient (Wildman–Crippen LogP) is -0.219. The van der Waals surface area contributed by atoms with E-state index in [4.69, 9.17) is 10.2 Å². The van der Waals surface area contributed by atoms with E-state index in [0.717, 1.165) is 5.69 Å². The van der Waals surface area contributed by atoms with Gasteiger partial charge in [0.25, 0.3) is 5.91 Å². The van der Waals surface area contributed by atoms with E-state index < -0.39 is 6.04 Å². The lowest BCUT2D eigenvalue weighted by atomic mass is 10.1. The number of rotatable bonds is 4. The number of hydrogen-bond donors (Lipinski definition) is 3. The van der Waals surface area contributed by atoms with Crippen LogP contribution >= 0.6 is 0 Å². The number of pyridine rings is 1. The molecule has 0 spiro atoms. The molecule has 0 aliphatic rings. The Labute approximate surface area is 94.1 Å². The number of hydrogen-bond acceptors (Lipinski definition) is 4. The van der Waals surface area contributed by atoms with Crippen LogP contribution in [0.5, 0.6) is 0 Å². The van der Waals surface area contributed by atoms with E-state index in [1.54, 1.807) is 19.1 Å². The molecule has 0 radical (unpaired) electrons. The van der Waals surface area contributed by atoms with E-state index >= 15 is 0 Å². The van der Waals surface area contributed by atoms with Gasteiger partial charge in [-0.25, -0.2) is 0 Å². The Bertz CT molecular complexity index is 375. The number of nitrogens with zero attached hydrogens (tertiary/aromatic N) is 1. The third-order valence-electron chi connectivity index (χ3n) is 2.25. The minimum Gasteiger partial charge on any atom is -0.394 e. The van der Waals surface area contributed by atoms with Gasteiger partial charge in [-0.15, -0.1) is 0 Å². The van der Waals surface area contributed by atoms with Crippen LogP contribution < -0.4 is 5.32 Å². The van der Waals surface area contributed by atoms with E-state index in [0.29, 0.717) is 11.3 Å². The largest absolute Gasteiger partial charge is 0.394 e. The van der Waals surface area contributed by atoms with E-state index in [9.17, 15) is 4.79 Å². The smallest absolute Gasteiger partial charge is 0.253 e. The zero-order chi connectivity index (χ0) is 12.1. The molecule has 88 valence electrons. The van der Waals surface area contributed by atoms with Gasteiger partial charge in [0.2, 0.25) is 0 Å². The average Bonchev–Trinajstić information content (AvgIpc) is 2.25. The maximum Gasteiger partial charge on any atom is 0.253 e. The first-order chi connectivity index (χ1) is 7.58. The fourth-order valence-corrected chi connectivity index (χ4v) is 1.34. The summed E-state index contributed by atoms with van der Waals surface area (Å²) < 4.78 is 0. The zero-order valence-corrected chi connectivity index (χ0v) is 9.40. The fourth-order valence-electron chi connectivity index (χ4n) is 1.34. The highest BCUT2D eigenvalue weighted by Gasteiger charge is 2.14. The molecule has 0 aliphatic carbocycles. The number of aliphatic hydroxyl groups is 2. The van der Waals surface area contributed by atoms with Gasteiger partial charge in [-0.1, -0.05) is 0 Å². The summed E-state index contributed by atoms with van der Waals surface area (Å²) in [7, 11) is 0. The van der Waals surface area contributed by atoms with Gasteiger partial charge in [-0.3, -0.25) is 9.78 Å². The van der Waals surface area contributed by atoms with Crippen molar-refractivity contribution in [1.82, 2.24) is 10.3 Å². The fraction of sp³-hybridized carbons (Fsp3) is 0.455. The second-order valence-electron chi connectivity index (χ2n) is 3.62. The molecule has 3 N–H and O–H groups in total. The van der Waals surface area contributed by atoms with Crippen LogP contribution in [0.1, 0.15) is 21.7 Å². The molecular formula is C11H16N2O3. The average molecular weight is 224 g/mol. The molecule has 1 aromatic rings. The number of carbonyl (C=O) groups excluding carboxylic acids is 1. The summed E-state index contributed by atoms with van der Waals surface area (Å²) >= 11 is 0. The molecule has 5 nitrogen and oxygen atoms in total. The molecule has 16 heavy (non-hydrogen) atoms. The quantitative estimate of drug-likeness (QED) is 0.660. The molecule has 0 aliphatic heterocycles. The summed E-state index contributed by atoms with van der Waals surface area (Å²) in [5.41, 5.74) is 1.93. The zero-order valence-electron chi connectivity index (χ0n) is 9.40. The summed E-state index contributed by atoms with van der Waals surface area (Å²) in [4.78, 5) is 15.9. The van der Waals surface area contributed by atoms with Crippen molar-refractivity contribution in [2.75, 3.05) is 13.2 Å². The first-order valence-electron chi connectivity index (χ1n) is 5.05. The van der Waals surface area contributed by atoms with Gasteiger partial charge in [-0.2, -0.15) is 0 Å². The second kappa shape index (κ2) is 5.58. The number of aliphatic hydroxyl groups excluding tert-OH is 2. The predicted molar refractivity (Wildman–Crippen MR) is 59.1 cm³/mol. The molecule has 1 aromatic heterocycles. The second-order valence-corrected chi connectivity index (χ2v) is 3.62. The number of nitrogens with one attached hydrogen (secondary N) is 1. The van der Waals surface area contributed by atoms with Crippen molar-refractivity contribution < 1.29 is 15.0 Å². The van der Waals surface area contributed by atoms with Crippen molar-refractivity contribution >= 4 is 5.91 Å². The van der Waals surface area contributed by atoms with Crippen LogP contribution in [0.4, 0.5) is 0 Å². The van der Waals surface area contributed by atoms with E-state index in [1.165, 1.54) is 0 Å². The van der Waals surface area contributed by atoms with Gasteiger partial charge >= 0.3 is 0 Å². The van der Waals surface area contributed by atoms with Crippen molar-refractivity contribution in [2.45, 2.75) is 19.9 Å². The Balaban J connectivity index is 2.80. The lowest BCUT2D eigenvalue weighted by molar-refractivity contribution is 0.0878. The summed E-state index contributed by atoms with van der Waals surface area (Å²) in [6.45, 7) is 3.01. The topological polar surface area (TPSA) is 82.5 Å². The van der Waals surface area contributed by atoms with Crippen LogP contribution in [0.3, 0.4) is 0 Å². The Morgan fingerprint density at radius 2 is 2.00 bits per heavy atom. The van der Waals surface area contributed by atoms with Crippen molar-refractivity contribution in [3.8, 4) is 0 Å². The molecule has 0 saturated heterocycles. The molecule has 1 rings (SSSR count). The summed E-state index contributed by atoms with van der Waals surface area (Å²) in [6, 6.07) is 2.79. The highest BCUT2D eigenvalue weighted by Crippen LogP contribution is 2.06. The van der Waals surface area contributed by atoms with Crippen LogP contribution in [0, 0.1) is 13.8 Å². The van der Waals surface area contributed by atoms with E-state index in [1.807, 2.05) is 6.92 Å². The van der Waals surface area contributed by atoms with Crippen LogP contribution in [-0.2, 0) is 0 Å². The Kier molecular flexibility index (Phi) is 4.39. The highest BCUT2D eigenvalue weighted by molar-refractivity contribution is 5.95. The maximum absolute atomic E-state index is 11.7. The first kappa shape index (κ1) is 12.6. The van der Waals surface area contributed by atoms with Crippen molar-refractivity contribution in [3.05, 3.63) is 29.1 Å². The van der Waals surface area contributed by atoms with Crippen molar-refractivity contribution in [3.63, 3.8) is 0 Å². The van der Waals surface area contributed by atoms with Gasteiger partial charge in [0.1, 0.15) is 0 Å². The van der Waals surface area contributed by atoms with Crippen LogP contribution in [-0.4, -0.2) is 40.4 Å². The van der Waals surface area contributed by atoms with Gasteiger partial charge in [-0.05, 0) is 26.0 Å². The molecule has 0 atom stereocenters. The molecule has 0 fully saturated rings. The van der Waals surface area contributed by atoms with E-state index in [-0.39, 0.29) is 19.1 Å². The Morgan fingerprint density at radius 3 is 2.50 bits per heavy atom. The number of amides is 1. The SMILES string of the molecule is Cc1ccc(C(=O)NC(CO)CO)c(C)n1. The highest BCUT2D eigenvalue weighted by atomic mass is 16.3. The molecule has 0 unspecified atom stereocenters. The molecule has 1 heterocycles. The number of aromatic nitrogens is 1. The number of aryl methyl sites for hydroxylation is 2.